The van der Waals surface area contributed by atoms with Crippen molar-refractivity contribution in [3.63, 3.8) is 0 Å². The number of sulfonamides is 1. The summed E-state index contributed by atoms with van der Waals surface area (Å²) in [4.78, 5) is 12.5. The second-order valence-corrected chi connectivity index (χ2v) is 7.40. The Hall–Kier alpha value is -1.48. The molecule has 23 heavy (non-hydrogen) atoms. The van der Waals surface area contributed by atoms with Gasteiger partial charge in [0.2, 0.25) is 15.9 Å². The molecule has 1 saturated heterocycles. The average molecular weight is 341 g/mol. The summed E-state index contributed by atoms with van der Waals surface area (Å²) in [6.07, 6.45) is -0.202. The first-order valence-corrected chi connectivity index (χ1v) is 9.02. The normalized spacial score (nSPS) is 23.3. The van der Waals surface area contributed by atoms with Crippen LogP contribution in [-0.2, 0) is 19.6 Å². The van der Waals surface area contributed by atoms with E-state index in [9.17, 15) is 13.2 Å². The first kappa shape index (κ1) is 17.9. The lowest BCUT2D eigenvalue weighted by atomic mass is 10.1. The zero-order chi connectivity index (χ0) is 17.0. The van der Waals surface area contributed by atoms with Crippen LogP contribution in [0.25, 0.3) is 0 Å². The fourth-order valence-corrected chi connectivity index (χ4v) is 3.27. The molecule has 1 heterocycles. The molecule has 0 aromatic heterocycles. The second kappa shape index (κ2) is 7.39. The zero-order valence-corrected chi connectivity index (χ0v) is 14.3. The number of morpholine rings is 1. The second-order valence-electron chi connectivity index (χ2n) is 5.52. The Morgan fingerprint density at radius 3 is 2.83 bits per heavy atom. The molecule has 1 amide bonds. The van der Waals surface area contributed by atoms with Crippen LogP contribution >= 0.6 is 0 Å². The van der Waals surface area contributed by atoms with Gasteiger partial charge >= 0.3 is 0 Å². The summed E-state index contributed by atoms with van der Waals surface area (Å²) in [6, 6.07) is 5.80. The highest BCUT2D eigenvalue weighted by Crippen LogP contribution is 2.18. The number of hydrogen-bond donors (Lipinski definition) is 3. The molecular weight excluding hydrogens is 318 g/mol. The summed E-state index contributed by atoms with van der Waals surface area (Å²) >= 11 is 0. The minimum absolute atomic E-state index is 0.161. The van der Waals surface area contributed by atoms with Gasteiger partial charge in [-0.3, -0.25) is 4.79 Å². The van der Waals surface area contributed by atoms with Gasteiger partial charge in [0.1, 0.15) is 6.04 Å². The summed E-state index contributed by atoms with van der Waals surface area (Å²) < 4.78 is 31.5. The summed E-state index contributed by atoms with van der Waals surface area (Å²) in [5, 5.41) is 6.02. The van der Waals surface area contributed by atoms with Crippen molar-refractivity contribution < 1.29 is 17.9 Å². The van der Waals surface area contributed by atoms with Gasteiger partial charge in [0.15, 0.2) is 0 Å². The lowest BCUT2D eigenvalue weighted by Crippen LogP contribution is -2.55. The van der Waals surface area contributed by atoms with Crippen molar-refractivity contribution in [3.8, 4) is 0 Å². The van der Waals surface area contributed by atoms with Gasteiger partial charge in [0, 0.05) is 6.54 Å². The Balaban J connectivity index is 2.10. The lowest BCUT2D eigenvalue weighted by Gasteiger charge is -2.30. The van der Waals surface area contributed by atoms with Crippen LogP contribution in [0.2, 0.25) is 0 Å². The van der Waals surface area contributed by atoms with Crippen LogP contribution in [0.5, 0.6) is 0 Å². The highest BCUT2D eigenvalue weighted by Gasteiger charge is 2.29. The smallest absolute Gasteiger partial charge is 0.240 e. The van der Waals surface area contributed by atoms with Crippen molar-refractivity contribution in [1.82, 2.24) is 15.4 Å². The van der Waals surface area contributed by atoms with Crippen LogP contribution < -0.4 is 15.4 Å². The fraction of sp³-hybridized carbons (Fsp3) is 0.533. The predicted octanol–water partition coefficient (Wildman–Crippen LogP) is 0.149. The Morgan fingerprint density at radius 1 is 1.43 bits per heavy atom. The van der Waals surface area contributed by atoms with E-state index in [1.54, 1.807) is 18.2 Å². The third-order valence-electron chi connectivity index (χ3n) is 3.89. The maximum atomic E-state index is 12.3. The molecule has 0 spiro atoms. The van der Waals surface area contributed by atoms with E-state index in [-0.39, 0.29) is 22.9 Å². The number of carbonyl (C=O) groups excluding carboxylic acids is 1. The Bertz CT molecular complexity index is 662. The largest absolute Gasteiger partial charge is 0.375 e. The van der Waals surface area contributed by atoms with E-state index in [2.05, 4.69) is 15.4 Å². The van der Waals surface area contributed by atoms with Gasteiger partial charge in [-0.05, 0) is 38.6 Å². The van der Waals surface area contributed by atoms with Crippen molar-refractivity contribution in [1.29, 1.82) is 0 Å². The maximum absolute atomic E-state index is 12.3. The van der Waals surface area contributed by atoms with Gasteiger partial charge in [0.25, 0.3) is 0 Å². The van der Waals surface area contributed by atoms with E-state index < -0.39 is 16.1 Å². The van der Waals surface area contributed by atoms with Crippen LogP contribution in [0.1, 0.15) is 25.5 Å². The molecule has 1 aliphatic heterocycles. The maximum Gasteiger partial charge on any atom is 0.240 e. The number of ether oxygens (including phenoxy) is 1. The summed E-state index contributed by atoms with van der Waals surface area (Å²) in [5.74, 6) is -0.161. The highest BCUT2D eigenvalue weighted by atomic mass is 32.2. The Morgan fingerprint density at radius 2 is 2.17 bits per heavy atom. The molecule has 1 unspecified atom stereocenters. The van der Waals surface area contributed by atoms with Gasteiger partial charge in [-0.25, -0.2) is 13.1 Å². The molecule has 3 atom stereocenters. The predicted molar refractivity (Wildman–Crippen MR) is 86.4 cm³/mol. The summed E-state index contributed by atoms with van der Waals surface area (Å²) in [6.45, 7) is 4.88. The van der Waals surface area contributed by atoms with Crippen molar-refractivity contribution in [2.75, 3.05) is 20.2 Å². The van der Waals surface area contributed by atoms with Crippen LogP contribution in [-0.4, -0.2) is 46.7 Å². The molecule has 0 aliphatic carbocycles. The number of carbonyl (C=O) groups is 1. The topological polar surface area (TPSA) is 96.5 Å². The fourth-order valence-electron chi connectivity index (χ4n) is 2.48. The minimum atomic E-state index is -3.51. The first-order valence-electron chi connectivity index (χ1n) is 7.54. The molecule has 2 rings (SSSR count). The Labute approximate surface area is 136 Å². The van der Waals surface area contributed by atoms with Gasteiger partial charge in [-0.15, -0.1) is 0 Å². The highest BCUT2D eigenvalue weighted by molar-refractivity contribution is 7.89. The molecule has 128 valence electrons. The van der Waals surface area contributed by atoms with Crippen LogP contribution in [0.4, 0.5) is 0 Å². The van der Waals surface area contributed by atoms with E-state index in [0.29, 0.717) is 13.2 Å². The molecule has 8 heteroatoms. The molecule has 3 N–H and O–H groups in total. The van der Waals surface area contributed by atoms with Gasteiger partial charge < -0.3 is 15.4 Å². The number of rotatable bonds is 5. The van der Waals surface area contributed by atoms with Gasteiger partial charge in [0.05, 0.1) is 23.6 Å². The molecule has 7 nitrogen and oxygen atoms in total. The molecule has 1 aromatic carbocycles. The molecule has 1 aliphatic rings. The molecule has 0 saturated carbocycles. The van der Waals surface area contributed by atoms with E-state index in [4.69, 9.17) is 4.74 Å². The quantitative estimate of drug-likeness (QED) is 0.708. The van der Waals surface area contributed by atoms with E-state index >= 15 is 0 Å². The molecular formula is C15H23N3O4S. The van der Waals surface area contributed by atoms with Gasteiger partial charge in [-0.1, -0.05) is 12.1 Å². The molecule has 0 radical (unpaired) electrons. The van der Waals surface area contributed by atoms with E-state index in [1.165, 1.54) is 13.1 Å². The molecule has 1 fully saturated rings. The Kier molecular flexibility index (Phi) is 5.74. The third-order valence-corrected chi connectivity index (χ3v) is 5.31. The SMILES string of the molecule is CNS(=O)(=O)c1cccc(C(C)NC(=O)[C@H]2NCCO[C@@H]2C)c1. The van der Waals surface area contributed by atoms with Gasteiger partial charge in [-0.2, -0.15) is 0 Å². The monoisotopic (exact) mass is 341 g/mol. The van der Waals surface area contributed by atoms with Crippen LogP contribution in [0, 0.1) is 0 Å². The number of benzene rings is 1. The lowest BCUT2D eigenvalue weighted by molar-refractivity contribution is -0.129. The van der Waals surface area contributed by atoms with E-state index in [0.717, 1.165) is 5.56 Å². The average Bonchev–Trinajstić information content (AvgIpc) is 2.55. The molecule has 1 aromatic rings. The van der Waals surface area contributed by atoms with Crippen LogP contribution in [0.15, 0.2) is 29.2 Å². The standard InChI is InChI=1S/C15H23N3O4S/c1-10(18-15(19)14-11(2)22-8-7-17-14)12-5-4-6-13(9-12)23(20,21)16-3/h4-6,9-11,14,16-17H,7-8H2,1-3H3,(H,18,19)/t10?,11-,14+/m1/s1. The molecule has 0 bridgehead atoms. The summed E-state index contributed by atoms with van der Waals surface area (Å²) in [7, 11) is -2.14. The van der Waals surface area contributed by atoms with Crippen molar-refractivity contribution in [3.05, 3.63) is 29.8 Å². The number of hydrogen-bond acceptors (Lipinski definition) is 5. The number of amides is 1. The zero-order valence-electron chi connectivity index (χ0n) is 13.5. The third kappa shape index (κ3) is 4.29. The van der Waals surface area contributed by atoms with Crippen molar-refractivity contribution in [2.45, 2.75) is 36.9 Å². The van der Waals surface area contributed by atoms with Crippen molar-refractivity contribution >= 4 is 15.9 Å². The van der Waals surface area contributed by atoms with Crippen molar-refractivity contribution in [2.24, 2.45) is 0 Å². The minimum Gasteiger partial charge on any atom is -0.375 e. The van der Waals surface area contributed by atoms with E-state index in [1.807, 2.05) is 13.8 Å². The van der Waals surface area contributed by atoms with Crippen LogP contribution in [0.3, 0.4) is 0 Å². The number of nitrogens with one attached hydrogen (secondary N) is 3. The first-order chi connectivity index (χ1) is 10.8. The summed E-state index contributed by atoms with van der Waals surface area (Å²) in [5.41, 5.74) is 0.721.